The summed E-state index contributed by atoms with van der Waals surface area (Å²) in [6.45, 7) is 0. The number of fused-ring (bicyclic) bond motifs is 1. The summed E-state index contributed by atoms with van der Waals surface area (Å²) in [5.74, 6) is -2.50. The molecule has 1 aromatic heterocycles. The average molecular weight is 348 g/mol. The van der Waals surface area contributed by atoms with Gasteiger partial charge in [0.25, 0.3) is 11.8 Å². The van der Waals surface area contributed by atoms with E-state index in [9.17, 15) is 18.4 Å². The first-order chi connectivity index (χ1) is 11.4. The number of H-pyrrole nitrogens is 2. The lowest BCUT2D eigenvalue weighted by atomic mass is 10.1. The monoisotopic (exact) mass is 348 g/mol. The molecule has 0 saturated carbocycles. The van der Waals surface area contributed by atoms with Crippen molar-refractivity contribution in [2.75, 3.05) is 0 Å². The van der Waals surface area contributed by atoms with Crippen molar-refractivity contribution in [2.24, 2.45) is 0 Å². The Morgan fingerprint density at radius 3 is 2.29 bits per heavy atom. The molecule has 0 radical (unpaired) electrons. The van der Waals surface area contributed by atoms with Crippen LogP contribution in [0.4, 0.5) is 8.78 Å². The summed E-state index contributed by atoms with van der Waals surface area (Å²) >= 11 is 4.92. The zero-order valence-electron chi connectivity index (χ0n) is 11.9. The van der Waals surface area contributed by atoms with Crippen molar-refractivity contribution >= 4 is 35.1 Å². The third-order valence-corrected chi connectivity index (χ3v) is 3.43. The molecule has 0 aliphatic rings. The second-order valence-corrected chi connectivity index (χ2v) is 5.28. The molecule has 0 spiro atoms. The summed E-state index contributed by atoms with van der Waals surface area (Å²) in [6.07, 6.45) is 0. The molecule has 9 heteroatoms. The number of imidazole rings is 1. The van der Waals surface area contributed by atoms with Crippen LogP contribution in [-0.2, 0) is 0 Å². The molecule has 0 unspecified atom stereocenters. The molecule has 3 rings (SSSR count). The number of rotatable bonds is 2. The number of aromatic nitrogens is 2. The van der Waals surface area contributed by atoms with Crippen molar-refractivity contribution in [3.63, 3.8) is 0 Å². The van der Waals surface area contributed by atoms with Gasteiger partial charge in [-0.05, 0) is 48.6 Å². The van der Waals surface area contributed by atoms with Gasteiger partial charge in [0.05, 0.1) is 16.6 Å². The quantitative estimate of drug-likeness (QED) is 0.424. The van der Waals surface area contributed by atoms with Crippen LogP contribution < -0.4 is 10.9 Å². The normalized spacial score (nSPS) is 10.6. The highest BCUT2D eigenvalue weighted by atomic mass is 32.1. The van der Waals surface area contributed by atoms with Crippen molar-refractivity contribution in [3.05, 3.63) is 63.9 Å². The molecular weight excluding hydrogens is 338 g/mol. The first-order valence-corrected chi connectivity index (χ1v) is 7.12. The third-order valence-electron chi connectivity index (χ3n) is 3.23. The molecular formula is C15H10F2N4O2S. The second kappa shape index (κ2) is 6.20. The molecule has 122 valence electrons. The van der Waals surface area contributed by atoms with Crippen molar-refractivity contribution in [1.82, 2.24) is 20.8 Å². The Morgan fingerprint density at radius 1 is 0.917 bits per heavy atom. The van der Waals surface area contributed by atoms with E-state index in [0.29, 0.717) is 11.0 Å². The van der Waals surface area contributed by atoms with E-state index in [-0.39, 0.29) is 15.9 Å². The zero-order chi connectivity index (χ0) is 17.3. The lowest BCUT2D eigenvalue weighted by Crippen LogP contribution is -2.41. The van der Waals surface area contributed by atoms with E-state index in [4.69, 9.17) is 12.2 Å². The number of hydrazine groups is 1. The van der Waals surface area contributed by atoms with Gasteiger partial charge >= 0.3 is 0 Å². The Bertz CT molecular complexity index is 995. The maximum absolute atomic E-state index is 13.6. The number of hydrogen-bond acceptors (Lipinski definition) is 3. The summed E-state index contributed by atoms with van der Waals surface area (Å²) in [5.41, 5.74) is 5.12. The fraction of sp³-hybridized carbons (Fsp3) is 0. The predicted molar refractivity (Wildman–Crippen MR) is 84.8 cm³/mol. The lowest BCUT2D eigenvalue weighted by Gasteiger charge is -2.08. The number of carbonyl (C=O) groups is 2. The van der Waals surface area contributed by atoms with Crippen molar-refractivity contribution in [1.29, 1.82) is 0 Å². The molecule has 0 atom stereocenters. The third kappa shape index (κ3) is 3.15. The topological polar surface area (TPSA) is 89.8 Å². The van der Waals surface area contributed by atoms with E-state index >= 15 is 0 Å². The van der Waals surface area contributed by atoms with Crippen LogP contribution >= 0.6 is 12.2 Å². The van der Waals surface area contributed by atoms with Crippen LogP contribution in [0.2, 0.25) is 0 Å². The van der Waals surface area contributed by atoms with E-state index in [1.54, 1.807) is 0 Å². The molecule has 24 heavy (non-hydrogen) atoms. The molecule has 0 fully saturated rings. The van der Waals surface area contributed by atoms with Crippen LogP contribution in [0.3, 0.4) is 0 Å². The Kier molecular flexibility index (Phi) is 4.09. The summed E-state index contributed by atoms with van der Waals surface area (Å²) in [5, 5.41) is 0. The van der Waals surface area contributed by atoms with Gasteiger partial charge in [0, 0.05) is 5.56 Å². The number of carbonyl (C=O) groups excluding carboxylic acids is 2. The van der Waals surface area contributed by atoms with Gasteiger partial charge in [-0.3, -0.25) is 20.4 Å². The fourth-order valence-electron chi connectivity index (χ4n) is 2.14. The van der Waals surface area contributed by atoms with Crippen LogP contribution in [0.15, 0.2) is 36.4 Å². The Balaban J connectivity index is 1.79. The Labute approximate surface area is 138 Å². The average Bonchev–Trinajstić information content (AvgIpc) is 2.92. The van der Waals surface area contributed by atoms with E-state index < -0.39 is 23.4 Å². The number of benzene rings is 2. The summed E-state index contributed by atoms with van der Waals surface area (Å²) in [4.78, 5) is 29.5. The largest absolute Gasteiger partial charge is 0.331 e. The van der Waals surface area contributed by atoms with Crippen LogP contribution in [0.5, 0.6) is 0 Å². The molecule has 2 amide bonds. The minimum absolute atomic E-state index is 0.0308. The standard InChI is InChI=1S/C15H10F2N4O2S/c16-8-3-1-7(2-4-8)13(22)20-21-14(23)10-5-9(17)6-11-12(10)19-15(24)18-11/h1-6H,(H,20,22)(H,21,23)(H2,18,19,24). The molecule has 2 aromatic carbocycles. The van der Waals surface area contributed by atoms with Gasteiger partial charge < -0.3 is 9.97 Å². The summed E-state index contributed by atoms with van der Waals surface area (Å²) in [7, 11) is 0. The highest BCUT2D eigenvalue weighted by Crippen LogP contribution is 2.17. The number of halogens is 2. The number of nitrogens with one attached hydrogen (secondary N) is 4. The van der Waals surface area contributed by atoms with Gasteiger partial charge in [0.1, 0.15) is 11.6 Å². The smallest absolute Gasteiger partial charge is 0.271 e. The first kappa shape index (κ1) is 15.8. The van der Waals surface area contributed by atoms with E-state index in [0.717, 1.165) is 18.2 Å². The van der Waals surface area contributed by atoms with E-state index in [1.165, 1.54) is 18.2 Å². The number of amides is 2. The molecule has 0 bridgehead atoms. The highest BCUT2D eigenvalue weighted by molar-refractivity contribution is 7.71. The minimum atomic E-state index is -0.736. The predicted octanol–water partition coefficient (Wildman–Crippen LogP) is 2.58. The summed E-state index contributed by atoms with van der Waals surface area (Å²) < 4.78 is 26.7. The van der Waals surface area contributed by atoms with Gasteiger partial charge in [-0.2, -0.15) is 0 Å². The first-order valence-electron chi connectivity index (χ1n) is 6.72. The van der Waals surface area contributed by atoms with Crippen LogP contribution in [0.25, 0.3) is 11.0 Å². The van der Waals surface area contributed by atoms with Gasteiger partial charge in [0.15, 0.2) is 4.77 Å². The highest BCUT2D eigenvalue weighted by Gasteiger charge is 2.15. The molecule has 1 heterocycles. The van der Waals surface area contributed by atoms with Crippen LogP contribution in [-0.4, -0.2) is 21.8 Å². The minimum Gasteiger partial charge on any atom is -0.331 e. The summed E-state index contributed by atoms with van der Waals surface area (Å²) in [6, 6.07) is 6.97. The van der Waals surface area contributed by atoms with Crippen LogP contribution in [0, 0.1) is 16.4 Å². The molecule has 3 aromatic rings. The molecule has 0 aliphatic carbocycles. The van der Waals surface area contributed by atoms with Gasteiger partial charge in [-0.1, -0.05) is 0 Å². The van der Waals surface area contributed by atoms with Gasteiger partial charge in [-0.25, -0.2) is 8.78 Å². The van der Waals surface area contributed by atoms with E-state index in [2.05, 4.69) is 20.8 Å². The van der Waals surface area contributed by atoms with Gasteiger partial charge in [0.2, 0.25) is 0 Å². The molecule has 0 saturated heterocycles. The number of hydrogen-bond donors (Lipinski definition) is 4. The molecule has 6 nitrogen and oxygen atoms in total. The van der Waals surface area contributed by atoms with E-state index in [1.807, 2.05) is 0 Å². The lowest BCUT2D eigenvalue weighted by molar-refractivity contribution is 0.0847. The SMILES string of the molecule is O=C(NNC(=O)c1cc(F)cc2[nH]c(=S)[nH]c12)c1ccc(F)cc1. The maximum Gasteiger partial charge on any atom is 0.271 e. The van der Waals surface area contributed by atoms with Gasteiger partial charge in [-0.15, -0.1) is 0 Å². The van der Waals surface area contributed by atoms with Crippen molar-refractivity contribution in [3.8, 4) is 0 Å². The van der Waals surface area contributed by atoms with Crippen molar-refractivity contribution in [2.45, 2.75) is 0 Å². The fourth-order valence-corrected chi connectivity index (χ4v) is 2.35. The molecule has 4 N–H and O–H groups in total. The Hall–Kier alpha value is -3.07. The van der Waals surface area contributed by atoms with Crippen LogP contribution in [0.1, 0.15) is 20.7 Å². The van der Waals surface area contributed by atoms with Crippen molar-refractivity contribution < 1.29 is 18.4 Å². The number of aromatic amines is 2. The second-order valence-electron chi connectivity index (χ2n) is 4.87. The maximum atomic E-state index is 13.6. The Morgan fingerprint density at radius 2 is 1.58 bits per heavy atom. The zero-order valence-corrected chi connectivity index (χ0v) is 12.8. The molecule has 0 aliphatic heterocycles.